The average molecular weight is 603 g/mol. The summed E-state index contributed by atoms with van der Waals surface area (Å²) in [6.45, 7) is 1.57. The van der Waals surface area contributed by atoms with Crippen LogP contribution in [0.5, 0.6) is 11.5 Å². The van der Waals surface area contributed by atoms with Gasteiger partial charge < -0.3 is 14.6 Å². The van der Waals surface area contributed by atoms with Crippen molar-refractivity contribution < 1.29 is 38.6 Å². The maximum absolute atomic E-state index is 13.4. The monoisotopic (exact) mass is 603 g/mol. The van der Waals surface area contributed by atoms with Crippen LogP contribution < -0.4 is 4.74 Å². The SMILES string of the molecule is COC(=O)N1C(=O)[C@H]2[C@H](CC=C3[C@H](c4cc(I)c(O)c(OC)c4)C4=C(C[C@H]32)C(=O)C(C)=CC4=O)C1=O. The second-order valence-electron chi connectivity index (χ2n) is 9.26. The van der Waals surface area contributed by atoms with Crippen molar-refractivity contribution in [3.05, 3.63) is 55.7 Å². The minimum Gasteiger partial charge on any atom is -0.504 e. The van der Waals surface area contributed by atoms with Crippen molar-refractivity contribution >= 4 is 52.1 Å². The van der Waals surface area contributed by atoms with Gasteiger partial charge in [-0.3, -0.25) is 19.2 Å². The van der Waals surface area contributed by atoms with Gasteiger partial charge in [0.25, 0.3) is 0 Å². The number of phenols is 1. The van der Waals surface area contributed by atoms with Crippen molar-refractivity contribution in [1.29, 1.82) is 0 Å². The summed E-state index contributed by atoms with van der Waals surface area (Å²) in [5.41, 5.74) is 2.30. The number of phenolic OH excluding ortho intramolecular Hbond substituents is 1. The Morgan fingerprint density at radius 3 is 2.50 bits per heavy atom. The number of ketones is 2. The van der Waals surface area contributed by atoms with Crippen LogP contribution in [0.2, 0.25) is 0 Å². The minimum absolute atomic E-state index is 0.0480. The number of likely N-dealkylation sites (tertiary alicyclic amines) is 1. The number of rotatable bonds is 2. The molecule has 4 atom stereocenters. The van der Waals surface area contributed by atoms with Gasteiger partial charge in [-0.2, -0.15) is 4.90 Å². The quantitative estimate of drug-likeness (QED) is 0.237. The fourth-order valence-electron chi connectivity index (χ4n) is 5.95. The Bertz CT molecular complexity index is 1370. The summed E-state index contributed by atoms with van der Waals surface area (Å²) in [4.78, 5) is 65.7. The summed E-state index contributed by atoms with van der Waals surface area (Å²) < 4.78 is 10.5. The number of methoxy groups -OCH3 is 2. The smallest absolute Gasteiger partial charge is 0.423 e. The molecule has 3 aliphatic carbocycles. The fraction of sp³-hybridized carbons (Fsp3) is 0.346. The van der Waals surface area contributed by atoms with E-state index in [2.05, 4.69) is 4.74 Å². The molecule has 1 fully saturated rings. The Balaban J connectivity index is 1.71. The maximum atomic E-state index is 13.4. The molecule has 0 saturated carbocycles. The Morgan fingerprint density at radius 2 is 1.83 bits per heavy atom. The number of aromatic hydroxyl groups is 1. The van der Waals surface area contributed by atoms with E-state index < -0.39 is 41.6 Å². The number of carbonyl (C=O) groups is 5. The molecule has 0 spiro atoms. The molecule has 0 aromatic heterocycles. The van der Waals surface area contributed by atoms with Gasteiger partial charge in [0.1, 0.15) is 0 Å². The molecule has 0 bridgehead atoms. The Morgan fingerprint density at radius 1 is 1.11 bits per heavy atom. The van der Waals surface area contributed by atoms with Gasteiger partial charge in [-0.25, -0.2) is 4.79 Å². The lowest BCUT2D eigenvalue weighted by molar-refractivity contribution is -0.137. The largest absolute Gasteiger partial charge is 0.504 e. The first-order chi connectivity index (χ1) is 17.1. The molecule has 9 nitrogen and oxygen atoms in total. The molecule has 5 rings (SSSR count). The highest BCUT2D eigenvalue weighted by atomic mass is 127. The second-order valence-corrected chi connectivity index (χ2v) is 10.4. The van der Waals surface area contributed by atoms with Crippen LogP contribution in [0.15, 0.2) is 46.6 Å². The number of allylic oxidation sites excluding steroid dienone is 6. The predicted molar refractivity (Wildman–Crippen MR) is 133 cm³/mol. The van der Waals surface area contributed by atoms with Crippen LogP contribution in [0.25, 0.3) is 0 Å². The van der Waals surface area contributed by atoms with Crippen LogP contribution in [0.4, 0.5) is 4.79 Å². The number of hydrogen-bond donors (Lipinski definition) is 1. The molecule has 1 N–H and O–H groups in total. The number of fused-ring (bicyclic) bond motifs is 3. The van der Waals surface area contributed by atoms with E-state index in [4.69, 9.17) is 4.74 Å². The highest BCUT2D eigenvalue weighted by molar-refractivity contribution is 14.1. The molecular weight excluding hydrogens is 581 g/mol. The third-order valence-corrected chi connectivity index (χ3v) is 8.35. The van der Waals surface area contributed by atoms with E-state index in [1.807, 2.05) is 28.7 Å². The zero-order valence-electron chi connectivity index (χ0n) is 19.7. The predicted octanol–water partition coefficient (Wildman–Crippen LogP) is 3.20. The van der Waals surface area contributed by atoms with Crippen LogP contribution in [-0.4, -0.2) is 53.7 Å². The molecule has 1 heterocycles. The zero-order chi connectivity index (χ0) is 26.0. The third-order valence-electron chi connectivity index (χ3n) is 7.52. The molecule has 1 aromatic carbocycles. The van der Waals surface area contributed by atoms with E-state index in [9.17, 15) is 29.1 Å². The normalized spacial score (nSPS) is 27.3. The van der Waals surface area contributed by atoms with Crippen LogP contribution in [0.1, 0.15) is 31.2 Å². The molecule has 1 saturated heterocycles. The van der Waals surface area contributed by atoms with Gasteiger partial charge >= 0.3 is 6.09 Å². The Hall–Kier alpha value is -3.28. The number of benzene rings is 1. The number of amides is 3. The molecule has 10 heteroatoms. The topological polar surface area (TPSA) is 127 Å². The first-order valence-electron chi connectivity index (χ1n) is 11.3. The van der Waals surface area contributed by atoms with E-state index in [-0.39, 0.29) is 35.9 Å². The minimum atomic E-state index is -1.03. The van der Waals surface area contributed by atoms with Gasteiger partial charge in [0, 0.05) is 22.6 Å². The molecule has 1 aliphatic heterocycles. The van der Waals surface area contributed by atoms with Crippen LogP contribution in [-0.2, 0) is 23.9 Å². The van der Waals surface area contributed by atoms with Crippen molar-refractivity contribution in [2.75, 3.05) is 14.2 Å². The van der Waals surface area contributed by atoms with Gasteiger partial charge in [0.2, 0.25) is 11.8 Å². The van der Waals surface area contributed by atoms with E-state index in [0.29, 0.717) is 30.8 Å². The standard InChI is InChI=1S/C26H22INO8/c1-10-6-17(29)21-15(22(10)30)9-14-12(19(21)11-7-16(27)23(31)18(8-11)35-2)4-5-13-20(14)25(33)28(24(13)32)26(34)36-3/h4,6-8,13-14,19-20,31H,5,9H2,1-3H3/t13-,14+,19-,20-/m0/s1. The number of nitrogens with zero attached hydrogens (tertiary/aromatic N) is 1. The lowest BCUT2D eigenvalue weighted by Crippen LogP contribution is -2.40. The molecule has 0 unspecified atom stereocenters. The molecule has 3 amide bonds. The van der Waals surface area contributed by atoms with Gasteiger partial charge in [-0.05, 0) is 72.0 Å². The number of Topliss-reactive ketones (excluding diaryl/α,β-unsaturated/α-hetero) is 1. The fourth-order valence-corrected chi connectivity index (χ4v) is 6.57. The number of imide groups is 3. The van der Waals surface area contributed by atoms with Crippen molar-refractivity contribution in [2.24, 2.45) is 17.8 Å². The summed E-state index contributed by atoms with van der Waals surface area (Å²) in [5.74, 6) is -4.56. The van der Waals surface area contributed by atoms with E-state index in [0.717, 1.165) is 12.7 Å². The van der Waals surface area contributed by atoms with Gasteiger partial charge in [-0.1, -0.05) is 11.6 Å². The Labute approximate surface area is 219 Å². The number of carbonyl (C=O) groups excluding carboxylic acids is 5. The molecule has 0 radical (unpaired) electrons. The van der Waals surface area contributed by atoms with Crippen LogP contribution in [0.3, 0.4) is 0 Å². The van der Waals surface area contributed by atoms with Gasteiger partial charge in [-0.15, -0.1) is 0 Å². The summed E-state index contributed by atoms with van der Waals surface area (Å²) in [5, 5.41) is 10.4. The highest BCUT2D eigenvalue weighted by Gasteiger charge is 2.58. The molecule has 186 valence electrons. The maximum Gasteiger partial charge on any atom is 0.423 e. The van der Waals surface area contributed by atoms with Crippen molar-refractivity contribution in [1.82, 2.24) is 4.90 Å². The first kappa shape index (κ1) is 24.4. The molecule has 4 aliphatic rings. The lowest BCUT2D eigenvalue weighted by atomic mass is 9.59. The lowest BCUT2D eigenvalue weighted by Gasteiger charge is -2.42. The third kappa shape index (κ3) is 3.37. The van der Waals surface area contributed by atoms with Gasteiger partial charge in [0.05, 0.1) is 29.6 Å². The van der Waals surface area contributed by atoms with Crippen molar-refractivity contribution in [2.45, 2.75) is 25.7 Å². The summed E-state index contributed by atoms with van der Waals surface area (Å²) in [6.07, 6.45) is 2.45. The molecule has 36 heavy (non-hydrogen) atoms. The van der Waals surface area contributed by atoms with Gasteiger partial charge in [0.15, 0.2) is 23.1 Å². The number of hydrogen-bond acceptors (Lipinski definition) is 8. The molecular formula is C26H22INO8. The zero-order valence-corrected chi connectivity index (χ0v) is 21.8. The number of halogens is 1. The Kier molecular flexibility index (Phi) is 5.89. The highest BCUT2D eigenvalue weighted by Crippen LogP contribution is 2.55. The van der Waals surface area contributed by atoms with Crippen LogP contribution >= 0.6 is 22.6 Å². The van der Waals surface area contributed by atoms with E-state index in [1.165, 1.54) is 13.2 Å². The van der Waals surface area contributed by atoms with E-state index in [1.54, 1.807) is 19.1 Å². The average Bonchev–Trinajstić information content (AvgIpc) is 3.12. The second kappa shape index (κ2) is 8.68. The summed E-state index contributed by atoms with van der Waals surface area (Å²) >= 11 is 1.96. The van der Waals surface area contributed by atoms with Crippen LogP contribution in [0, 0.1) is 21.3 Å². The van der Waals surface area contributed by atoms with E-state index >= 15 is 0 Å². The van der Waals surface area contributed by atoms with Crippen molar-refractivity contribution in [3.63, 3.8) is 0 Å². The summed E-state index contributed by atoms with van der Waals surface area (Å²) in [6, 6.07) is 3.34. The first-order valence-corrected chi connectivity index (χ1v) is 12.4. The van der Waals surface area contributed by atoms with Crippen molar-refractivity contribution in [3.8, 4) is 11.5 Å². The summed E-state index contributed by atoms with van der Waals surface area (Å²) in [7, 11) is 2.52. The molecule has 1 aromatic rings. The number of ether oxygens (including phenoxy) is 2.